The molecule has 0 aromatic carbocycles. The lowest BCUT2D eigenvalue weighted by Crippen LogP contribution is -2.48. The molecule has 2 saturated carbocycles. The fraction of sp³-hybridized carbons (Fsp3) is 0.583. The molecular weight excluding hydrogens is 386 g/mol. The van der Waals surface area contributed by atoms with Crippen LogP contribution >= 0.6 is 0 Å². The smallest absolute Gasteiger partial charge is 0.156 e. The van der Waals surface area contributed by atoms with Gasteiger partial charge in [0.05, 0.1) is 29.8 Å². The Kier molecular flexibility index (Phi) is 3.78. The molecule has 3 fully saturated rings. The number of amidine groups is 1. The van der Waals surface area contributed by atoms with E-state index >= 15 is 0 Å². The molecule has 2 N–H and O–H groups in total. The number of pyridine rings is 1. The van der Waals surface area contributed by atoms with E-state index in [2.05, 4.69) is 20.9 Å². The quantitative estimate of drug-likeness (QED) is 0.771. The van der Waals surface area contributed by atoms with Gasteiger partial charge in [0, 0.05) is 31.9 Å². The number of hydrogen-bond donors (Lipinski definition) is 1. The molecule has 0 bridgehead atoms. The zero-order valence-electron chi connectivity index (χ0n) is 17.9. The van der Waals surface area contributed by atoms with Crippen LogP contribution in [0.5, 0.6) is 0 Å². The normalized spacial score (nSPS) is 30.1. The van der Waals surface area contributed by atoms with Gasteiger partial charge in [0.2, 0.25) is 0 Å². The molecule has 160 valence electrons. The molecule has 7 nitrogen and oxygen atoms in total. The first-order valence-electron chi connectivity index (χ1n) is 11.8. The Morgan fingerprint density at radius 3 is 2.84 bits per heavy atom. The topological polar surface area (TPSA) is 83.5 Å². The highest BCUT2D eigenvalue weighted by atomic mass is 15.3. The average molecular weight is 416 g/mol. The van der Waals surface area contributed by atoms with E-state index in [0.717, 1.165) is 73.0 Å². The predicted molar refractivity (Wildman–Crippen MR) is 120 cm³/mol. The number of nitrogens with two attached hydrogens (primary N) is 1. The number of aliphatic imine (C=N–C) groups is 1. The van der Waals surface area contributed by atoms with Crippen LogP contribution in [0.4, 0.5) is 11.5 Å². The fourth-order valence-electron chi connectivity index (χ4n) is 6.69. The minimum absolute atomic E-state index is 0.389. The van der Waals surface area contributed by atoms with Gasteiger partial charge in [0.25, 0.3) is 0 Å². The third kappa shape index (κ3) is 2.68. The summed E-state index contributed by atoms with van der Waals surface area (Å²) in [6.07, 6.45) is 11.1. The van der Waals surface area contributed by atoms with Crippen LogP contribution in [0, 0.1) is 17.3 Å². The van der Waals surface area contributed by atoms with Crippen LogP contribution < -0.4 is 15.5 Å². The molecule has 5 heterocycles. The first-order chi connectivity index (χ1) is 15.2. The van der Waals surface area contributed by atoms with Crippen LogP contribution in [0.1, 0.15) is 49.2 Å². The van der Waals surface area contributed by atoms with E-state index in [-0.39, 0.29) is 0 Å². The van der Waals surface area contributed by atoms with E-state index in [0.29, 0.717) is 18.0 Å². The molecule has 3 atom stereocenters. The number of nitrogens with zero attached hydrogens (tertiary/aromatic N) is 6. The van der Waals surface area contributed by atoms with Gasteiger partial charge in [0.15, 0.2) is 5.84 Å². The lowest BCUT2D eigenvalue weighted by Gasteiger charge is -2.43. The van der Waals surface area contributed by atoms with Crippen molar-refractivity contribution in [3.63, 3.8) is 0 Å². The summed E-state index contributed by atoms with van der Waals surface area (Å²) in [5, 5.41) is 0. The van der Waals surface area contributed by atoms with Gasteiger partial charge in [-0.15, -0.1) is 0 Å². The maximum Gasteiger partial charge on any atom is 0.156 e. The van der Waals surface area contributed by atoms with Crippen molar-refractivity contribution in [1.29, 1.82) is 0 Å². The molecule has 7 heteroatoms. The number of aryl methyl sites for hydroxylation is 1. The van der Waals surface area contributed by atoms with Crippen molar-refractivity contribution in [3.05, 3.63) is 41.6 Å². The van der Waals surface area contributed by atoms with Crippen molar-refractivity contribution in [2.75, 3.05) is 29.4 Å². The lowest BCUT2D eigenvalue weighted by atomic mass is 9.72. The first kappa shape index (κ1) is 18.1. The van der Waals surface area contributed by atoms with Crippen LogP contribution in [-0.4, -0.2) is 46.5 Å². The number of anilines is 2. The minimum Gasteiger partial charge on any atom is -0.355 e. The fourth-order valence-corrected chi connectivity index (χ4v) is 6.69. The van der Waals surface area contributed by atoms with Gasteiger partial charge < -0.3 is 15.5 Å². The summed E-state index contributed by atoms with van der Waals surface area (Å²) in [6.45, 7) is 3.65. The zero-order chi connectivity index (χ0) is 20.6. The molecule has 2 aromatic heterocycles. The van der Waals surface area contributed by atoms with Gasteiger partial charge in [-0.2, -0.15) is 0 Å². The largest absolute Gasteiger partial charge is 0.355 e. The summed E-state index contributed by atoms with van der Waals surface area (Å²) in [5.41, 5.74) is 11.3. The molecule has 1 unspecified atom stereocenters. The zero-order valence-corrected chi connectivity index (χ0v) is 17.9. The number of rotatable bonds is 1. The highest BCUT2D eigenvalue weighted by Gasteiger charge is 2.59. The van der Waals surface area contributed by atoms with Crippen molar-refractivity contribution in [2.24, 2.45) is 28.0 Å². The summed E-state index contributed by atoms with van der Waals surface area (Å²) < 4.78 is 0. The molecule has 2 aromatic rings. The summed E-state index contributed by atoms with van der Waals surface area (Å²) in [5.74, 6) is 3.70. The molecule has 3 aliphatic heterocycles. The van der Waals surface area contributed by atoms with Gasteiger partial charge in [-0.3, -0.25) is 9.98 Å². The van der Waals surface area contributed by atoms with Crippen LogP contribution in [0.3, 0.4) is 0 Å². The van der Waals surface area contributed by atoms with Gasteiger partial charge in [-0.1, -0.05) is 0 Å². The number of fused-ring (bicyclic) bond motifs is 3. The molecule has 7 rings (SSSR count). The molecule has 1 saturated heterocycles. The van der Waals surface area contributed by atoms with Gasteiger partial charge >= 0.3 is 0 Å². The molecule has 31 heavy (non-hydrogen) atoms. The minimum atomic E-state index is 0.389. The number of aromatic nitrogens is 3. The second-order valence-corrected chi connectivity index (χ2v) is 10.1. The van der Waals surface area contributed by atoms with E-state index in [1.54, 1.807) is 0 Å². The Balaban J connectivity index is 1.10. The molecule has 1 spiro atoms. The predicted octanol–water partition coefficient (Wildman–Crippen LogP) is 2.54. The van der Waals surface area contributed by atoms with E-state index in [4.69, 9.17) is 20.7 Å². The van der Waals surface area contributed by atoms with Crippen LogP contribution in [0.25, 0.3) is 0 Å². The Morgan fingerprint density at radius 1 is 1.10 bits per heavy atom. The SMILES string of the molecule is NC1[C@H]2C[C@H]2CC12CCN(c1cnc3c(n1)CN=C3N1CCCc3ncccc31)CC2. The Morgan fingerprint density at radius 2 is 2.00 bits per heavy atom. The lowest BCUT2D eigenvalue weighted by molar-refractivity contribution is 0.172. The highest BCUT2D eigenvalue weighted by Crippen LogP contribution is 2.62. The van der Waals surface area contributed by atoms with Crippen molar-refractivity contribution < 1.29 is 0 Å². The Hall–Kier alpha value is -2.54. The standard InChI is InChI=1S/C24H29N7/c25-22-16-11-15(16)12-24(22)5-9-30(10-6-24)20-14-27-21-18(29-20)13-28-23(21)31-8-2-3-17-19(31)4-1-7-26-17/h1,4,7,14-16,22H,2-3,5-6,8-13,25H2/t15-,16-,22?/m0/s1. The maximum atomic E-state index is 6.64. The summed E-state index contributed by atoms with van der Waals surface area (Å²) >= 11 is 0. The number of hydrogen-bond acceptors (Lipinski definition) is 7. The third-order valence-corrected chi connectivity index (χ3v) is 8.53. The summed E-state index contributed by atoms with van der Waals surface area (Å²) in [4.78, 5) is 24.0. The number of piperidine rings is 1. The Labute approximate surface area is 182 Å². The summed E-state index contributed by atoms with van der Waals surface area (Å²) in [7, 11) is 0. The van der Waals surface area contributed by atoms with Gasteiger partial charge in [-0.25, -0.2) is 9.97 Å². The molecule has 0 radical (unpaired) electrons. The Bertz CT molecular complexity index is 1070. The van der Waals surface area contributed by atoms with Crippen LogP contribution in [-0.2, 0) is 13.0 Å². The monoisotopic (exact) mass is 415 g/mol. The van der Waals surface area contributed by atoms with Gasteiger partial charge in [-0.05, 0) is 67.9 Å². The van der Waals surface area contributed by atoms with E-state index in [1.807, 2.05) is 18.5 Å². The van der Waals surface area contributed by atoms with E-state index < -0.39 is 0 Å². The van der Waals surface area contributed by atoms with E-state index in [9.17, 15) is 0 Å². The van der Waals surface area contributed by atoms with Crippen molar-refractivity contribution in [2.45, 2.75) is 51.1 Å². The second-order valence-electron chi connectivity index (χ2n) is 10.1. The third-order valence-electron chi connectivity index (χ3n) is 8.53. The molecule has 0 amide bonds. The molecule has 2 aliphatic carbocycles. The molecule has 5 aliphatic rings. The summed E-state index contributed by atoms with van der Waals surface area (Å²) in [6, 6.07) is 4.57. The average Bonchev–Trinajstić information content (AvgIpc) is 3.36. The van der Waals surface area contributed by atoms with Crippen molar-refractivity contribution in [3.8, 4) is 0 Å². The van der Waals surface area contributed by atoms with Crippen LogP contribution in [0.15, 0.2) is 29.5 Å². The first-order valence-corrected chi connectivity index (χ1v) is 11.8. The van der Waals surface area contributed by atoms with Gasteiger partial charge in [0.1, 0.15) is 11.5 Å². The van der Waals surface area contributed by atoms with Crippen molar-refractivity contribution >= 4 is 17.3 Å². The maximum absolute atomic E-state index is 6.64. The van der Waals surface area contributed by atoms with Crippen LogP contribution in [0.2, 0.25) is 0 Å². The van der Waals surface area contributed by atoms with E-state index in [1.165, 1.54) is 31.4 Å². The molecular formula is C24H29N7. The highest BCUT2D eigenvalue weighted by molar-refractivity contribution is 6.11. The van der Waals surface area contributed by atoms with Crippen molar-refractivity contribution in [1.82, 2.24) is 15.0 Å². The second kappa shape index (κ2) is 6.48.